The molecule has 2 unspecified atom stereocenters. The highest BCUT2D eigenvalue weighted by atomic mass is 16.6. The molecule has 0 bridgehead atoms. The third-order valence-corrected chi connectivity index (χ3v) is 7.71. The van der Waals surface area contributed by atoms with Gasteiger partial charge in [0.2, 0.25) is 5.91 Å². The Hall–Kier alpha value is -4.65. The number of alkyl carbamates (subject to hydrolysis) is 1. The minimum atomic E-state index is -0.932. The fourth-order valence-electron chi connectivity index (χ4n) is 5.40. The van der Waals surface area contributed by atoms with Crippen LogP contribution in [0.1, 0.15) is 63.3 Å². The van der Waals surface area contributed by atoms with Gasteiger partial charge in [-0.15, -0.1) is 0 Å². The number of aryl methyl sites for hydroxylation is 1. The molecule has 0 aromatic heterocycles. The van der Waals surface area contributed by atoms with Crippen LogP contribution in [0.25, 0.3) is 10.8 Å². The maximum atomic E-state index is 14.6. The Kier molecular flexibility index (Phi) is 9.33. The zero-order valence-corrected chi connectivity index (χ0v) is 25.9. The molecule has 44 heavy (non-hydrogen) atoms. The van der Waals surface area contributed by atoms with Gasteiger partial charge in [-0.1, -0.05) is 91.9 Å². The molecule has 0 saturated heterocycles. The number of anilines is 1. The Morgan fingerprint density at radius 1 is 0.841 bits per heavy atom. The number of ether oxygens (including phenoxy) is 1. The number of hydrogen-bond donors (Lipinski definition) is 2. The van der Waals surface area contributed by atoms with Gasteiger partial charge in [0, 0.05) is 18.2 Å². The van der Waals surface area contributed by atoms with E-state index in [2.05, 4.69) is 17.6 Å². The quantitative estimate of drug-likeness (QED) is 0.204. The van der Waals surface area contributed by atoms with Crippen molar-refractivity contribution in [2.24, 2.45) is 0 Å². The maximum absolute atomic E-state index is 14.6. The molecule has 1 aliphatic carbocycles. The molecule has 2 N–H and O–H groups in total. The van der Waals surface area contributed by atoms with Gasteiger partial charge in [-0.2, -0.15) is 0 Å². The SMILES string of the molecule is CCc1ccc(C(C(=O)Nc2ccc3ccccc3c2)N(C(=O)C(Cc2ccccc2)NC(=O)OC(C)(C)C)C2CC2)cc1. The summed E-state index contributed by atoms with van der Waals surface area (Å²) in [6, 6.07) is 29.2. The summed E-state index contributed by atoms with van der Waals surface area (Å²) >= 11 is 0. The third kappa shape index (κ3) is 7.84. The van der Waals surface area contributed by atoms with E-state index in [1.807, 2.05) is 97.1 Å². The Balaban J connectivity index is 1.51. The third-order valence-electron chi connectivity index (χ3n) is 7.71. The van der Waals surface area contributed by atoms with Crippen LogP contribution in [0.2, 0.25) is 0 Å². The van der Waals surface area contributed by atoms with Crippen LogP contribution >= 0.6 is 0 Å². The van der Waals surface area contributed by atoms with Gasteiger partial charge in [0.05, 0.1) is 0 Å². The Morgan fingerprint density at radius 2 is 1.50 bits per heavy atom. The van der Waals surface area contributed by atoms with Crippen LogP contribution in [0.15, 0.2) is 97.1 Å². The molecule has 0 heterocycles. The first kappa shape index (κ1) is 30.8. The Bertz CT molecular complexity index is 1610. The number of fused-ring (bicyclic) bond motifs is 1. The molecule has 7 nitrogen and oxygen atoms in total. The largest absolute Gasteiger partial charge is 0.444 e. The van der Waals surface area contributed by atoms with Crippen molar-refractivity contribution in [2.45, 2.75) is 77.1 Å². The number of rotatable bonds is 10. The van der Waals surface area contributed by atoms with E-state index in [1.165, 1.54) is 0 Å². The van der Waals surface area contributed by atoms with Gasteiger partial charge in [-0.05, 0) is 79.6 Å². The van der Waals surface area contributed by atoms with Crippen molar-refractivity contribution in [1.29, 1.82) is 0 Å². The van der Waals surface area contributed by atoms with Crippen LogP contribution in [0.4, 0.5) is 10.5 Å². The van der Waals surface area contributed by atoms with E-state index in [9.17, 15) is 14.4 Å². The van der Waals surface area contributed by atoms with Crippen molar-refractivity contribution < 1.29 is 19.1 Å². The number of amides is 3. The second-order valence-electron chi connectivity index (χ2n) is 12.4. The second kappa shape index (κ2) is 13.3. The van der Waals surface area contributed by atoms with Crippen LogP contribution in [0.5, 0.6) is 0 Å². The molecule has 1 aliphatic rings. The summed E-state index contributed by atoms with van der Waals surface area (Å²) in [6.07, 6.45) is 2.01. The molecule has 4 aromatic carbocycles. The zero-order valence-electron chi connectivity index (χ0n) is 25.9. The molecule has 4 aromatic rings. The van der Waals surface area contributed by atoms with E-state index in [4.69, 9.17) is 4.74 Å². The first-order chi connectivity index (χ1) is 21.1. The van der Waals surface area contributed by atoms with Crippen LogP contribution < -0.4 is 10.6 Å². The average molecular weight is 592 g/mol. The smallest absolute Gasteiger partial charge is 0.408 e. The van der Waals surface area contributed by atoms with Crippen molar-refractivity contribution >= 4 is 34.4 Å². The summed E-state index contributed by atoms with van der Waals surface area (Å²) in [5.41, 5.74) is 2.67. The monoisotopic (exact) mass is 591 g/mol. The van der Waals surface area contributed by atoms with Crippen LogP contribution in [0, 0.1) is 0 Å². The van der Waals surface area contributed by atoms with Gasteiger partial charge in [0.15, 0.2) is 0 Å². The Labute approximate surface area is 259 Å². The first-order valence-corrected chi connectivity index (χ1v) is 15.4. The summed E-state index contributed by atoms with van der Waals surface area (Å²) in [7, 11) is 0. The van der Waals surface area contributed by atoms with Gasteiger partial charge in [-0.25, -0.2) is 4.79 Å². The van der Waals surface area contributed by atoms with Gasteiger partial charge < -0.3 is 20.3 Å². The predicted molar refractivity (Wildman–Crippen MR) is 174 cm³/mol. The number of carbonyl (C=O) groups is 3. The molecule has 5 rings (SSSR count). The normalized spacial score (nSPS) is 14.4. The van der Waals surface area contributed by atoms with Crippen molar-refractivity contribution in [1.82, 2.24) is 10.2 Å². The summed E-state index contributed by atoms with van der Waals surface area (Å²) < 4.78 is 5.54. The number of benzene rings is 4. The van der Waals surface area contributed by atoms with Gasteiger partial charge in [0.25, 0.3) is 5.91 Å². The van der Waals surface area contributed by atoms with Crippen molar-refractivity contribution in [3.63, 3.8) is 0 Å². The highest BCUT2D eigenvalue weighted by molar-refractivity contribution is 6.00. The molecular formula is C37H41N3O4. The van der Waals surface area contributed by atoms with Gasteiger partial charge in [0.1, 0.15) is 17.7 Å². The topological polar surface area (TPSA) is 87.7 Å². The fourth-order valence-corrected chi connectivity index (χ4v) is 5.40. The standard InChI is InChI=1S/C37H41N3O4/c1-5-25-15-17-28(18-16-25)33(34(41)38-30-20-19-27-13-9-10-14-29(27)24-30)40(31-21-22-31)35(42)32(23-26-11-7-6-8-12-26)39-36(43)44-37(2,3)4/h6-20,24,31-33H,5,21-23H2,1-4H3,(H,38,41)(H,39,43). The van der Waals surface area contributed by atoms with E-state index in [-0.39, 0.29) is 24.3 Å². The molecule has 0 aliphatic heterocycles. The molecular weight excluding hydrogens is 550 g/mol. The minimum Gasteiger partial charge on any atom is -0.444 e. The lowest BCUT2D eigenvalue weighted by Gasteiger charge is -2.35. The van der Waals surface area contributed by atoms with Crippen LogP contribution in [0.3, 0.4) is 0 Å². The van der Waals surface area contributed by atoms with Gasteiger partial charge >= 0.3 is 6.09 Å². The molecule has 228 valence electrons. The van der Waals surface area contributed by atoms with E-state index in [0.717, 1.165) is 46.7 Å². The molecule has 0 radical (unpaired) electrons. The second-order valence-corrected chi connectivity index (χ2v) is 12.4. The van der Waals surface area contributed by atoms with Crippen molar-refractivity contribution in [3.8, 4) is 0 Å². The molecule has 3 amide bonds. The van der Waals surface area contributed by atoms with E-state index in [1.54, 1.807) is 25.7 Å². The molecule has 2 atom stereocenters. The molecule has 1 fully saturated rings. The lowest BCUT2D eigenvalue weighted by molar-refractivity contribution is -0.141. The zero-order chi connectivity index (χ0) is 31.3. The first-order valence-electron chi connectivity index (χ1n) is 15.4. The maximum Gasteiger partial charge on any atom is 0.408 e. The summed E-state index contributed by atoms with van der Waals surface area (Å²) in [5, 5.41) is 8.01. The van der Waals surface area contributed by atoms with Crippen LogP contribution in [-0.2, 0) is 27.2 Å². The molecule has 1 saturated carbocycles. The van der Waals surface area contributed by atoms with Crippen molar-refractivity contribution in [2.75, 3.05) is 5.32 Å². The number of carbonyl (C=O) groups excluding carboxylic acids is 3. The van der Waals surface area contributed by atoms with E-state index < -0.39 is 23.8 Å². The molecule has 7 heteroatoms. The van der Waals surface area contributed by atoms with Crippen molar-refractivity contribution in [3.05, 3.63) is 114 Å². The summed E-state index contributed by atoms with van der Waals surface area (Å²) in [5.74, 6) is -0.624. The predicted octanol–water partition coefficient (Wildman–Crippen LogP) is 7.21. The lowest BCUT2D eigenvalue weighted by atomic mass is 9.98. The summed E-state index contributed by atoms with van der Waals surface area (Å²) in [4.78, 5) is 43.5. The lowest BCUT2D eigenvalue weighted by Crippen LogP contribution is -2.54. The highest BCUT2D eigenvalue weighted by Crippen LogP contribution is 2.37. The fraction of sp³-hybridized carbons (Fsp3) is 0.324. The summed E-state index contributed by atoms with van der Waals surface area (Å²) in [6.45, 7) is 7.42. The van der Waals surface area contributed by atoms with E-state index >= 15 is 0 Å². The molecule has 0 spiro atoms. The number of hydrogen-bond acceptors (Lipinski definition) is 4. The van der Waals surface area contributed by atoms with Crippen LogP contribution in [-0.4, -0.2) is 40.5 Å². The average Bonchev–Trinajstić information content (AvgIpc) is 3.84. The highest BCUT2D eigenvalue weighted by Gasteiger charge is 2.44. The van der Waals surface area contributed by atoms with Gasteiger partial charge in [-0.3, -0.25) is 9.59 Å². The number of nitrogens with one attached hydrogen (secondary N) is 2. The minimum absolute atomic E-state index is 0.126. The Morgan fingerprint density at radius 3 is 2.14 bits per heavy atom. The van der Waals surface area contributed by atoms with E-state index in [0.29, 0.717) is 5.69 Å². The number of nitrogens with zero attached hydrogens (tertiary/aromatic N) is 1.